The number of carbonyl (C=O) groups is 2. The fraction of sp³-hybridized carbons (Fsp3) is 0.610. The third-order valence-corrected chi connectivity index (χ3v) is 9.65. The number of aliphatic hydroxyl groups is 4. The van der Waals surface area contributed by atoms with Crippen molar-refractivity contribution in [2.45, 2.75) is 146 Å². The van der Waals surface area contributed by atoms with Gasteiger partial charge in [-0.2, -0.15) is 13.5 Å². The number of phosphoric acid groups is 2. The largest absolute Gasteiger partial charge is 0.472 e. The summed E-state index contributed by atoms with van der Waals surface area (Å²) in [6.45, 7) is 2.18. The van der Waals surface area contributed by atoms with Gasteiger partial charge in [0.15, 0.2) is 6.10 Å². The minimum atomic E-state index is -5.34. The summed E-state index contributed by atoms with van der Waals surface area (Å²) in [7, 11) is -10.7. The van der Waals surface area contributed by atoms with Crippen LogP contribution in [0.5, 0.6) is 0 Å². The van der Waals surface area contributed by atoms with Crippen molar-refractivity contribution < 1.29 is 95.4 Å². The van der Waals surface area contributed by atoms with E-state index in [-0.39, 0.29) is 38.5 Å². The number of rotatable bonds is 24. The predicted molar refractivity (Wildman–Crippen MR) is 251 cm³/mol. The lowest BCUT2D eigenvalue weighted by Gasteiger charge is -2.43. The number of unbranched alkanes of at least 4 members (excludes halogenated alkanes) is 12. The molecular formula is C41H80O16P2S. The molecule has 16 nitrogen and oxygen atoms in total. The topological polar surface area (TPSA) is 256 Å². The highest BCUT2D eigenvalue weighted by atomic mass is 32.1. The molecule has 356 valence electrons. The summed E-state index contributed by atoms with van der Waals surface area (Å²) < 4.78 is 48.3. The second kappa shape index (κ2) is 33.0. The van der Waals surface area contributed by atoms with Gasteiger partial charge in [0.2, 0.25) is 0 Å². The smallest absolute Gasteiger partial charge is 0.456 e. The second-order valence-electron chi connectivity index (χ2n) is 12.9. The van der Waals surface area contributed by atoms with Gasteiger partial charge in [0.25, 0.3) is 0 Å². The first-order valence-corrected chi connectivity index (χ1v) is 22.0. The Morgan fingerprint density at radius 1 is 0.600 bits per heavy atom. The molecule has 0 amide bonds. The molecule has 0 heterocycles. The maximum Gasteiger partial charge on any atom is 0.472 e. The van der Waals surface area contributed by atoms with Gasteiger partial charge in [0.1, 0.15) is 43.2 Å². The monoisotopic (exact) mass is 922 g/mol. The molecule has 5 unspecified atom stereocenters. The normalized spacial score (nSPS) is 20.3. The molecule has 1 saturated carbocycles. The lowest BCUT2D eigenvalue weighted by atomic mass is 9.85. The third kappa shape index (κ3) is 27.2. The molecule has 0 spiro atoms. The molecule has 19 heteroatoms. The number of carbonyl (C=O) groups excluding carboxylic acids is 2. The molecule has 0 radical (unpaired) electrons. The second-order valence-corrected chi connectivity index (χ2v) is 15.5. The van der Waals surface area contributed by atoms with E-state index in [0.29, 0.717) is 6.42 Å². The number of aliphatic hydroxyl groups excluding tert-OH is 4. The Bertz CT molecular complexity index is 1920. The molecule has 0 aromatic heterocycles. The van der Waals surface area contributed by atoms with Gasteiger partial charge in [-0.1, -0.05) is 89.9 Å². The first-order valence-electron chi connectivity index (χ1n) is 19.0. The Morgan fingerprint density at radius 3 is 1.43 bits per heavy atom. The number of ether oxygens (including phenoxy) is 2. The van der Waals surface area contributed by atoms with Crippen LogP contribution in [-0.4, -0.2) is 103 Å². The summed E-state index contributed by atoms with van der Waals surface area (Å²) >= 11 is 0. The van der Waals surface area contributed by atoms with Crippen molar-refractivity contribution in [3.05, 3.63) is 0 Å². The lowest BCUT2D eigenvalue weighted by Crippen LogP contribution is -2.64. The number of hydrogen-bond acceptors (Lipinski definition) is 13. The third-order valence-electron chi connectivity index (χ3n) is 8.14. The molecule has 7 N–H and O–H groups in total. The van der Waals surface area contributed by atoms with Crippen molar-refractivity contribution in [1.29, 1.82) is 0 Å². The van der Waals surface area contributed by atoms with E-state index in [0.717, 1.165) is 32.1 Å². The van der Waals surface area contributed by atoms with Crippen LogP contribution in [0.15, 0.2) is 0 Å². The summed E-state index contributed by atoms with van der Waals surface area (Å²) in [6, 6.07) is 0. The number of phosphoric ester groups is 2. The molecule has 0 aromatic carbocycles. The average molecular weight is 923 g/mol. The minimum Gasteiger partial charge on any atom is -0.456 e. The zero-order valence-corrected chi connectivity index (χ0v) is 36.3. The summed E-state index contributed by atoms with van der Waals surface area (Å²) in [5.41, 5.74) is 0. The maximum atomic E-state index is 12.8. The summed E-state index contributed by atoms with van der Waals surface area (Å²) in [4.78, 5) is 53.3. The fourth-order valence-electron chi connectivity index (χ4n) is 5.26. The van der Waals surface area contributed by atoms with Crippen LogP contribution in [0.25, 0.3) is 0 Å². The van der Waals surface area contributed by atoms with Crippen LogP contribution in [0.1, 0.15) is 122 Å². The van der Waals surface area contributed by atoms with Gasteiger partial charge >= 0.3 is 27.6 Å². The van der Waals surface area contributed by atoms with E-state index in [9.17, 15) is 44.0 Å². The Hall–Kier alpha value is -3.73. The Kier molecular flexibility index (Phi) is 30.9. The number of esters is 2. The van der Waals surface area contributed by atoms with Gasteiger partial charge in [-0.25, -0.2) is 13.9 Å². The average Bonchev–Trinajstić information content (AvgIpc) is 3.18. The first-order chi connectivity index (χ1) is 28.1. The van der Waals surface area contributed by atoms with Gasteiger partial charge < -0.3 is 44.6 Å². The highest BCUT2D eigenvalue weighted by Gasteiger charge is 2.54. The molecule has 0 aliphatic heterocycles. The predicted octanol–water partition coefficient (Wildman–Crippen LogP) is 5.71. The summed E-state index contributed by atoms with van der Waals surface area (Å²) in [5.74, 6) is 31.6. The maximum absolute atomic E-state index is 12.8. The van der Waals surface area contributed by atoms with Crippen molar-refractivity contribution in [1.82, 2.24) is 0 Å². The summed E-state index contributed by atoms with van der Waals surface area (Å²) in [5, 5.41) is 41.2. The van der Waals surface area contributed by atoms with Crippen LogP contribution in [0.3, 0.4) is 0 Å². The van der Waals surface area contributed by atoms with E-state index in [1.165, 1.54) is 44.9 Å². The standard InChI is InChI=1S/C41H52O16P2.H2S.13H2/c1-3-5-7-9-11-13-15-17-19-21-23-25-27-29-34(42)53-31-33(55-35(43)30-28-26-24-22-20-18-16-14-12-10-8-6-4-2)32-54-59(51,52)57-41-38(46)36(44)40(37(45)39(41)47)56-58(48,49)50;;;;;;;;;;;;;;/h33,36-41,44-47H,4,6,8,10,12,14,16,18,20,22,24,26,28,30-32H2,1-2H3,(H,51,52)(H2,48,49,50);1H2;13*1H/t33-,36+,37?,38?,39+,40?,41?;;;;;;;;;;;;;;/m1............../s1. The van der Waals surface area contributed by atoms with Crippen molar-refractivity contribution in [2.24, 2.45) is 0 Å². The van der Waals surface area contributed by atoms with E-state index < -0.39 is 83.5 Å². The fourth-order valence-corrected chi connectivity index (χ4v) is 6.80. The zero-order chi connectivity index (χ0) is 43.9. The quantitative estimate of drug-likeness (QED) is 0.0201. The number of hydrogen-bond donors (Lipinski definition) is 7. The highest BCUT2D eigenvalue weighted by Crippen LogP contribution is 2.48. The molecule has 1 aliphatic carbocycles. The molecule has 60 heavy (non-hydrogen) atoms. The SMILES string of the molecule is CC#CC#CC#CC#CC#CC#CC#CC(=O)OC[C@H](COP(=O)(O)OC1C(O)[C@H](O)C(OP(=O)(O)O)C(O)[C@@H]1O)OC(=O)CCCCCCCCCCCCCCC.S.[HH].[HH].[HH].[HH].[HH].[HH].[HH].[HH].[HH].[HH].[HH].[HH].[HH]. The van der Waals surface area contributed by atoms with Crippen LogP contribution in [0.2, 0.25) is 0 Å². The van der Waals surface area contributed by atoms with Gasteiger partial charge in [0, 0.05) is 30.9 Å². The summed E-state index contributed by atoms with van der Waals surface area (Å²) in [6.07, 6.45) is -1.07. The van der Waals surface area contributed by atoms with Crippen LogP contribution in [-0.2, 0) is 41.8 Å². The molecule has 0 aromatic rings. The van der Waals surface area contributed by atoms with Crippen LogP contribution >= 0.6 is 29.1 Å². The molecular weight excluding hydrogens is 842 g/mol. The molecule has 1 fully saturated rings. The highest BCUT2D eigenvalue weighted by molar-refractivity contribution is 7.59. The van der Waals surface area contributed by atoms with Crippen molar-refractivity contribution in [3.63, 3.8) is 0 Å². The van der Waals surface area contributed by atoms with Crippen molar-refractivity contribution >= 4 is 41.1 Å². The molecule has 0 saturated heterocycles. The zero-order valence-electron chi connectivity index (χ0n) is 33.6. The van der Waals surface area contributed by atoms with E-state index in [1.807, 2.05) is 0 Å². The first kappa shape index (κ1) is 56.3. The minimum absolute atomic E-state index is 0. The van der Waals surface area contributed by atoms with Crippen molar-refractivity contribution in [2.75, 3.05) is 13.2 Å². The molecule has 0 bridgehead atoms. The molecule has 1 aliphatic rings. The molecule has 8 atom stereocenters. The Balaban J connectivity index is -0.000000207. The van der Waals surface area contributed by atoms with Gasteiger partial charge in [-0.05, 0) is 84.4 Å². The lowest BCUT2D eigenvalue weighted by molar-refractivity contribution is -0.216. The van der Waals surface area contributed by atoms with Crippen LogP contribution < -0.4 is 0 Å². The van der Waals surface area contributed by atoms with Gasteiger partial charge in [-0.15, -0.1) is 0 Å². The van der Waals surface area contributed by atoms with E-state index >= 15 is 0 Å². The van der Waals surface area contributed by atoms with Crippen LogP contribution in [0.4, 0.5) is 0 Å². The Labute approximate surface area is 378 Å². The van der Waals surface area contributed by atoms with Gasteiger partial charge in [0.05, 0.1) is 6.61 Å². The molecule has 1 rings (SSSR count). The Morgan fingerprint density at radius 2 is 1.00 bits per heavy atom. The van der Waals surface area contributed by atoms with E-state index in [1.54, 1.807) is 6.92 Å². The van der Waals surface area contributed by atoms with Crippen LogP contribution in [0, 0.1) is 82.9 Å². The van der Waals surface area contributed by atoms with Gasteiger partial charge in [-0.3, -0.25) is 18.4 Å². The van der Waals surface area contributed by atoms with E-state index in [4.69, 9.17) is 28.3 Å². The van der Waals surface area contributed by atoms with Crippen molar-refractivity contribution in [3.8, 4) is 82.9 Å². The van der Waals surface area contributed by atoms with E-state index in [2.05, 4.69) is 94.3 Å².